The van der Waals surface area contributed by atoms with Gasteiger partial charge in [-0.1, -0.05) is 18.7 Å². The number of nitrogens with one attached hydrogen (secondary N) is 1. The second-order valence-corrected chi connectivity index (χ2v) is 6.06. The number of nitrogens with zero attached hydrogens (tertiary/aromatic N) is 1. The predicted molar refractivity (Wildman–Crippen MR) is 82.2 cm³/mol. The van der Waals surface area contributed by atoms with E-state index in [4.69, 9.17) is 4.42 Å². The zero-order chi connectivity index (χ0) is 13.5. The molecule has 0 saturated carbocycles. The summed E-state index contributed by atoms with van der Waals surface area (Å²) >= 11 is 5.06. The molecule has 0 fully saturated rings. The SMILES string of the molecule is CCCNCc1ccc(CSc2ccc(Br)cn2)o1. The number of rotatable bonds is 7. The lowest BCUT2D eigenvalue weighted by Crippen LogP contribution is -2.12. The molecule has 1 N–H and O–H groups in total. The smallest absolute Gasteiger partial charge is 0.118 e. The van der Waals surface area contributed by atoms with Crippen molar-refractivity contribution in [2.45, 2.75) is 30.7 Å². The maximum Gasteiger partial charge on any atom is 0.118 e. The molecule has 2 aromatic heterocycles. The first-order valence-corrected chi connectivity index (χ1v) is 8.08. The molecule has 3 nitrogen and oxygen atoms in total. The highest BCUT2D eigenvalue weighted by atomic mass is 79.9. The van der Waals surface area contributed by atoms with Crippen LogP contribution in [0.5, 0.6) is 0 Å². The Morgan fingerprint density at radius 3 is 2.84 bits per heavy atom. The fourth-order valence-electron chi connectivity index (χ4n) is 1.58. The monoisotopic (exact) mass is 340 g/mol. The lowest BCUT2D eigenvalue weighted by atomic mass is 10.4. The van der Waals surface area contributed by atoms with E-state index >= 15 is 0 Å². The number of furan rings is 1. The topological polar surface area (TPSA) is 38.1 Å². The van der Waals surface area contributed by atoms with Crippen LogP contribution in [-0.2, 0) is 12.3 Å². The highest BCUT2D eigenvalue weighted by Gasteiger charge is 2.03. The average Bonchev–Trinajstić information content (AvgIpc) is 2.86. The van der Waals surface area contributed by atoms with Gasteiger partial charge in [0.25, 0.3) is 0 Å². The molecule has 102 valence electrons. The van der Waals surface area contributed by atoms with Crippen LogP contribution >= 0.6 is 27.7 Å². The molecule has 19 heavy (non-hydrogen) atoms. The average molecular weight is 341 g/mol. The van der Waals surface area contributed by atoms with Gasteiger partial charge in [-0.2, -0.15) is 0 Å². The summed E-state index contributed by atoms with van der Waals surface area (Å²) in [6, 6.07) is 8.07. The summed E-state index contributed by atoms with van der Waals surface area (Å²) in [5.41, 5.74) is 0. The molecule has 2 aromatic rings. The van der Waals surface area contributed by atoms with Gasteiger partial charge in [-0.25, -0.2) is 4.98 Å². The number of hydrogen-bond acceptors (Lipinski definition) is 4. The molecule has 0 aliphatic carbocycles. The molecule has 0 saturated heterocycles. The van der Waals surface area contributed by atoms with Crippen molar-refractivity contribution >= 4 is 27.7 Å². The number of hydrogen-bond donors (Lipinski definition) is 1. The zero-order valence-electron chi connectivity index (χ0n) is 10.9. The summed E-state index contributed by atoms with van der Waals surface area (Å²) in [5, 5.41) is 4.33. The van der Waals surface area contributed by atoms with E-state index in [9.17, 15) is 0 Å². The Labute approximate surface area is 126 Å². The number of aromatic nitrogens is 1. The summed E-state index contributed by atoms with van der Waals surface area (Å²) < 4.78 is 6.75. The van der Waals surface area contributed by atoms with Gasteiger partial charge in [0.05, 0.1) is 17.3 Å². The van der Waals surface area contributed by atoms with Gasteiger partial charge in [-0.3, -0.25) is 0 Å². The Balaban J connectivity index is 1.81. The van der Waals surface area contributed by atoms with Crippen LogP contribution in [0, 0.1) is 0 Å². The second-order valence-electron chi connectivity index (χ2n) is 4.15. The molecule has 2 heterocycles. The van der Waals surface area contributed by atoms with E-state index in [1.54, 1.807) is 11.8 Å². The quantitative estimate of drug-likeness (QED) is 0.604. The Hall–Kier alpha value is -0.780. The van der Waals surface area contributed by atoms with Gasteiger partial charge in [-0.05, 0) is 53.2 Å². The van der Waals surface area contributed by atoms with Crippen molar-refractivity contribution in [3.63, 3.8) is 0 Å². The molecular formula is C14H17BrN2OS. The minimum absolute atomic E-state index is 0.801. The van der Waals surface area contributed by atoms with Gasteiger partial charge in [0.2, 0.25) is 0 Å². The minimum atomic E-state index is 0.801. The van der Waals surface area contributed by atoms with Crippen LogP contribution in [0.3, 0.4) is 0 Å². The van der Waals surface area contributed by atoms with Crippen LogP contribution in [0.15, 0.2) is 44.4 Å². The third-order valence-electron chi connectivity index (χ3n) is 2.51. The maximum absolute atomic E-state index is 5.76. The highest BCUT2D eigenvalue weighted by Crippen LogP contribution is 2.23. The fourth-order valence-corrected chi connectivity index (χ4v) is 2.55. The van der Waals surface area contributed by atoms with E-state index in [1.165, 1.54) is 0 Å². The Kier molecular flexibility index (Phi) is 5.94. The molecule has 2 rings (SSSR count). The second kappa shape index (κ2) is 7.72. The van der Waals surface area contributed by atoms with Gasteiger partial charge in [-0.15, -0.1) is 0 Å². The summed E-state index contributed by atoms with van der Waals surface area (Å²) in [5.74, 6) is 2.79. The van der Waals surface area contributed by atoms with E-state index in [0.29, 0.717) is 0 Å². The van der Waals surface area contributed by atoms with Gasteiger partial charge in [0.15, 0.2) is 0 Å². The molecule has 0 amide bonds. The van der Waals surface area contributed by atoms with Crippen LogP contribution in [-0.4, -0.2) is 11.5 Å². The van der Waals surface area contributed by atoms with E-state index in [-0.39, 0.29) is 0 Å². The normalized spacial score (nSPS) is 10.8. The molecule has 0 radical (unpaired) electrons. The summed E-state index contributed by atoms with van der Waals surface area (Å²) in [6.07, 6.45) is 2.95. The van der Waals surface area contributed by atoms with Crippen molar-refractivity contribution in [1.29, 1.82) is 0 Å². The van der Waals surface area contributed by atoms with Crippen LogP contribution in [0.25, 0.3) is 0 Å². The standard InChI is InChI=1S/C14H17BrN2OS/c1-2-7-16-9-12-4-5-13(18-12)10-19-14-6-3-11(15)8-17-14/h3-6,8,16H,2,7,9-10H2,1H3. The van der Waals surface area contributed by atoms with Gasteiger partial charge in [0, 0.05) is 10.7 Å². The molecule has 0 spiro atoms. The number of thioether (sulfide) groups is 1. The van der Waals surface area contributed by atoms with Crippen molar-refractivity contribution in [3.8, 4) is 0 Å². The number of halogens is 1. The molecule has 0 aliphatic rings. The molecule has 0 aromatic carbocycles. The van der Waals surface area contributed by atoms with Crippen molar-refractivity contribution < 1.29 is 4.42 Å². The van der Waals surface area contributed by atoms with Gasteiger partial charge < -0.3 is 9.73 Å². The minimum Gasteiger partial charge on any atom is -0.464 e. The largest absolute Gasteiger partial charge is 0.464 e. The van der Waals surface area contributed by atoms with Crippen LogP contribution in [0.1, 0.15) is 24.9 Å². The van der Waals surface area contributed by atoms with Gasteiger partial charge >= 0.3 is 0 Å². The molecule has 0 bridgehead atoms. The number of pyridine rings is 1. The molecule has 0 atom stereocenters. The van der Waals surface area contributed by atoms with E-state index < -0.39 is 0 Å². The maximum atomic E-state index is 5.76. The zero-order valence-corrected chi connectivity index (χ0v) is 13.3. The summed E-state index contributed by atoms with van der Waals surface area (Å²) in [7, 11) is 0. The van der Waals surface area contributed by atoms with Gasteiger partial charge in [0.1, 0.15) is 11.5 Å². The molecule has 0 aliphatic heterocycles. The van der Waals surface area contributed by atoms with E-state index in [2.05, 4.69) is 33.2 Å². The van der Waals surface area contributed by atoms with Crippen molar-refractivity contribution in [3.05, 3.63) is 46.5 Å². The third-order valence-corrected chi connectivity index (χ3v) is 3.94. The van der Waals surface area contributed by atoms with Crippen molar-refractivity contribution in [2.75, 3.05) is 6.54 Å². The van der Waals surface area contributed by atoms with Crippen molar-refractivity contribution in [2.24, 2.45) is 0 Å². The summed E-state index contributed by atoms with van der Waals surface area (Å²) in [4.78, 5) is 4.32. The lowest BCUT2D eigenvalue weighted by Gasteiger charge is -2.00. The predicted octanol–water partition coefficient (Wildman–Crippen LogP) is 4.23. The van der Waals surface area contributed by atoms with Crippen LogP contribution < -0.4 is 5.32 Å². The fraction of sp³-hybridized carbons (Fsp3) is 0.357. The highest BCUT2D eigenvalue weighted by molar-refractivity contribution is 9.10. The molecule has 0 unspecified atom stereocenters. The Morgan fingerprint density at radius 2 is 2.11 bits per heavy atom. The van der Waals surface area contributed by atoms with E-state index in [1.807, 2.05) is 30.5 Å². The van der Waals surface area contributed by atoms with Crippen molar-refractivity contribution in [1.82, 2.24) is 10.3 Å². The first-order chi connectivity index (χ1) is 9.28. The Bertz CT molecular complexity index is 498. The molecular weight excluding hydrogens is 324 g/mol. The Morgan fingerprint density at radius 1 is 1.26 bits per heavy atom. The summed E-state index contributed by atoms with van der Waals surface area (Å²) in [6.45, 7) is 3.98. The van der Waals surface area contributed by atoms with E-state index in [0.717, 1.165) is 46.3 Å². The lowest BCUT2D eigenvalue weighted by molar-refractivity contribution is 0.459. The third kappa shape index (κ3) is 5.01. The molecule has 5 heteroatoms. The van der Waals surface area contributed by atoms with Crippen LogP contribution in [0.2, 0.25) is 0 Å². The van der Waals surface area contributed by atoms with Crippen LogP contribution in [0.4, 0.5) is 0 Å². The first-order valence-electron chi connectivity index (χ1n) is 6.30. The first kappa shape index (κ1) is 14.6.